The summed E-state index contributed by atoms with van der Waals surface area (Å²) in [6, 6.07) is 27.7. The number of nitrogens with zero attached hydrogens (tertiary/aromatic N) is 1. The molecule has 0 saturated carbocycles. The molecule has 1 aliphatic heterocycles. The number of benzene rings is 3. The van der Waals surface area contributed by atoms with Gasteiger partial charge in [-0.3, -0.25) is 9.59 Å². The Balaban J connectivity index is 1.22. The van der Waals surface area contributed by atoms with Crippen LogP contribution in [0, 0.1) is 0 Å². The fraction of sp³-hybridized carbons (Fsp3) is 0.310. The second-order valence-corrected chi connectivity index (χ2v) is 8.84. The summed E-state index contributed by atoms with van der Waals surface area (Å²) in [5.41, 5.74) is 4.00. The molecule has 0 unspecified atom stereocenters. The molecule has 1 saturated heterocycles. The molecule has 0 aliphatic carbocycles. The number of likely N-dealkylation sites (tertiary alicyclic amines) is 1. The highest BCUT2D eigenvalue weighted by Crippen LogP contribution is 2.29. The topological polar surface area (TPSA) is 49.4 Å². The van der Waals surface area contributed by atoms with Gasteiger partial charge < -0.3 is 10.2 Å². The zero-order valence-corrected chi connectivity index (χ0v) is 19.1. The van der Waals surface area contributed by atoms with E-state index in [4.69, 9.17) is 0 Å². The minimum absolute atomic E-state index is 0.0122. The van der Waals surface area contributed by atoms with E-state index in [0.29, 0.717) is 18.8 Å². The van der Waals surface area contributed by atoms with Crippen molar-refractivity contribution in [3.8, 4) is 0 Å². The van der Waals surface area contributed by atoms with E-state index in [1.165, 1.54) is 5.56 Å². The number of carbonyl (C=O) groups is 2. The predicted molar refractivity (Wildman–Crippen MR) is 134 cm³/mol. The van der Waals surface area contributed by atoms with Crippen LogP contribution in [0.5, 0.6) is 0 Å². The van der Waals surface area contributed by atoms with Gasteiger partial charge in [-0.2, -0.15) is 0 Å². The van der Waals surface area contributed by atoms with Gasteiger partial charge in [0.2, 0.25) is 5.91 Å². The number of piperidine rings is 1. The predicted octanol–water partition coefficient (Wildman–Crippen LogP) is 5.71. The third-order valence-electron chi connectivity index (χ3n) is 6.41. The van der Waals surface area contributed by atoms with Crippen LogP contribution in [0.4, 0.5) is 5.69 Å². The number of Topliss-reactive ketones (excluding diaryl/α,β-unsaturated/α-hetero) is 1. The number of rotatable bonds is 9. The molecule has 1 N–H and O–H groups in total. The fourth-order valence-electron chi connectivity index (χ4n) is 4.58. The van der Waals surface area contributed by atoms with Crippen LogP contribution in [0.2, 0.25) is 0 Å². The lowest BCUT2D eigenvalue weighted by molar-refractivity contribution is -0.115. The van der Waals surface area contributed by atoms with Gasteiger partial charge in [-0.25, -0.2) is 0 Å². The number of nitrogens with one attached hydrogen (secondary N) is 1. The van der Waals surface area contributed by atoms with Gasteiger partial charge in [0, 0.05) is 17.7 Å². The number of hydrogen-bond acceptors (Lipinski definition) is 3. The lowest BCUT2D eigenvalue weighted by Crippen LogP contribution is -2.33. The van der Waals surface area contributed by atoms with E-state index in [1.807, 2.05) is 72.8 Å². The molecule has 1 fully saturated rings. The maximum Gasteiger partial charge on any atom is 0.228 e. The van der Waals surface area contributed by atoms with Crippen LogP contribution in [-0.4, -0.2) is 36.2 Å². The van der Waals surface area contributed by atoms with Crippen LogP contribution in [0.3, 0.4) is 0 Å². The number of amides is 1. The molecule has 33 heavy (non-hydrogen) atoms. The summed E-state index contributed by atoms with van der Waals surface area (Å²) in [5.74, 6) is 0.757. The van der Waals surface area contributed by atoms with Crippen molar-refractivity contribution >= 4 is 17.4 Å². The summed E-state index contributed by atoms with van der Waals surface area (Å²) >= 11 is 0. The van der Waals surface area contributed by atoms with E-state index in [0.717, 1.165) is 55.7 Å². The van der Waals surface area contributed by atoms with Crippen molar-refractivity contribution in [3.05, 3.63) is 102 Å². The average molecular weight is 441 g/mol. The molecule has 0 atom stereocenters. The lowest BCUT2D eigenvalue weighted by Gasteiger charge is -2.32. The van der Waals surface area contributed by atoms with Crippen molar-refractivity contribution < 1.29 is 9.59 Å². The molecule has 1 heterocycles. The maximum absolute atomic E-state index is 12.4. The molecule has 170 valence electrons. The third-order valence-corrected chi connectivity index (χ3v) is 6.41. The molecule has 3 aromatic rings. The number of hydrogen-bond donors (Lipinski definition) is 1. The second-order valence-electron chi connectivity index (χ2n) is 8.84. The SMILES string of the molecule is O=C(Cc1ccccc1)Nc1cccc(C2CCN(CCCC(=O)c3ccccc3)CC2)c1. The van der Waals surface area contributed by atoms with Gasteiger partial charge in [0.15, 0.2) is 5.78 Å². The first-order valence-corrected chi connectivity index (χ1v) is 11.9. The number of anilines is 1. The Morgan fingerprint density at radius 2 is 1.55 bits per heavy atom. The monoisotopic (exact) mass is 440 g/mol. The first-order chi connectivity index (χ1) is 16.2. The Kier molecular flexibility index (Phi) is 8.04. The quantitative estimate of drug-likeness (QED) is 0.434. The molecule has 0 radical (unpaired) electrons. The second kappa shape index (κ2) is 11.6. The molecule has 3 aromatic carbocycles. The average Bonchev–Trinajstić information content (AvgIpc) is 2.85. The summed E-state index contributed by atoms with van der Waals surface area (Å²) in [7, 11) is 0. The fourth-order valence-corrected chi connectivity index (χ4v) is 4.58. The molecule has 1 aliphatic rings. The van der Waals surface area contributed by atoms with Crippen molar-refractivity contribution in [2.45, 2.75) is 38.0 Å². The zero-order valence-electron chi connectivity index (χ0n) is 19.1. The molecule has 0 aromatic heterocycles. The summed E-state index contributed by atoms with van der Waals surface area (Å²) in [6.45, 7) is 3.07. The summed E-state index contributed by atoms with van der Waals surface area (Å²) < 4.78 is 0. The minimum Gasteiger partial charge on any atom is -0.326 e. The zero-order chi connectivity index (χ0) is 22.9. The largest absolute Gasteiger partial charge is 0.326 e. The van der Waals surface area contributed by atoms with Crippen molar-refractivity contribution in [2.24, 2.45) is 0 Å². The van der Waals surface area contributed by atoms with E-state index in [2.05, 4.69) is 22.3 Å². The van der Waals surface area contributed by atoms with Gasteiger partial charge in [0.05, 0.1) is 6.42 Å². The Morgan fingerprint density at radius 1 is 0.848 bits per heavy atom. The van der Waals surface area contributed by atoms with Crippen LogP contribution in [0.1, 0.15) is 53.1 Å². The summed E-state index contributed by atoms with van der Waals surface area (Å²) in [4.78, 5) is 27.2. The van der Waals surface area contributed by atoms with E-state index in [1.54, 1.807) is 0 Å². The van der Waals surface area contributed by atoms with E-state index in [-0.39, 0.29) is 11.7 Å². The van der Waals surface area contributed by atoms with Crippen LogP contribution in [0.15, 0.2) is 84.9 Å². The van der Waals surface area contributed by atoms with E-state index < -0.39 is 0 Å². The standard InChI is InChI=1S/C29H32N2O2/c32-28(25-11-5-2-6-12-25)15-8-18-31-19-16-24(17-20-31)26-13-7-14-27(22-26)30-29(33)21-23-9-3-1-4-10-23/h1-7,9-14,22,24H,8,15-21H2,(H,30,33). The summed E-state index contributed by atoms with van der Waals surface area (Å²) in [5, 5.41) is 3.05. The summed E-state index contributed by atoms with van der Waals surface area (Å²) in [6.07, 6.45) is 4.11. The highest BCUT2D eigenvalue weighted by atomic mass is 16.1. The van der Waals surface area contributed by atoms with Crippen molar-refractivity contribution in [1.29, 1.82) is 0 Å². The Morgan fingerprint density at radius 3 is 2.27 bits per heavy atom. The third kappa shape index (κ3) is 6.87. The molecule has 4 nitrogen and oxygen atoms in total. The molecule has 4 heteroatoms. The first kappa shape index (κ1) is 22.9. The van der Waals surface area contributed by atoms with Gasteiger partial charge in [-0.15, -0.1) is 0 Å². The van der Waals surface area contributed by atoms with E-state index in [9.17, 15) is 9.59 Å². The normalized spacial score (nSPS) is 14.7. The van der Waals surface area contributed by atoms with Crippen LogP contribution >= 0.6 is 0 Å². The van der Waals surface area contributed by atoms with Crippen molar-refractivity contribution in [3.63, 3.8) is 0 Å². The van der Waals surface area contributed by atoms with Crippen LogP contribution in [0.25, 0.3) is 0 Å². The highest BCUT2D eigenvalue weighted by molar-refractivity contribution is 5.96. The highest BCUT2D eigenvalue weighted by Gasteiger charge is 2.21. The van der Waals surface area contributed by atoms with Gasteiger partial charge >= 0.3 is 0 Å². The van der Waals surface area contributed by atoms with Gasteiger partial charge in [-0.05, 0) is 68.1 Å². The lowest BCUT2D eigenvalue weighted by atomic mass is 9.89. The number of ketones is 1. The molecule has 0 spiro atoms. The minimum atomic E-state index is 0.0122. The molecule has 0 bridgehead atoms. The van der Waals surface area contributed by atoms with Crippen molar-refractivity contribution in [2.75, 3.05) is 25.0 Å². The molecular formula is C29H32N2O2. The van der Waals surface area contributed by atoms with Gasteiger partial charge in [0.25, 0.3) is 0 Å². The Bertz CT molecular complexity index is 1040. The van der Waals surface area contributed by atoms with Crippen LogP contribution in [-0.2, 0) is 11.2 Å². The Labute approximate surface area is 196 Å². The first-order valence-electron chi connectivity index (χ1n) is 11.9. The van der Waals surface area contributed by atoms with Crippen molar-refractivity contribution in [1.82, 2.24) is 4.90 Å². The molecular weight excluding hydrogens is 408 g/mol. The van der Waals surface area contributed by atoms with Gasteiger partial charge in [-0.1, -0.05) is 72.8 Å². The van der Waals surface area contributed by atoms with Gasteiger partial charge in [0.1, 0.15) is 0 Å². The van der Waals surface area contributed by atoms with Crippen LogP contribution < -0.4 is 5.32 Å². The maximum atomic E-state index is 12.4. The molecule has 4 rings (SSSR count). The Hall–Kier alpha value is -3.24. The molecule has 1 amide bonds. The van der Waals surface area contributed by atoms with E-state index >= 15 is 0 Å². The smallest absolute Gasteiger partial charge is 0.228 e. The number of carbonyl (C=O) groups excluding carboxylic acids is 2.